The fourth-order valence-electron chi connectivity index (χ4n) is 2.24. The topological polar surface area (TPSA) is 34.4 Å². The molecule has 6 heteroatoms. The Morgan fingerprint density at radius 2 is 2.26 bits per heavy atom. The summed E-state index contributed by atoms with van der Waals surface area (Å²) in [5.41, 5.74) is 1.06. The van der Waals surface area contributed by atoms with Crippen LogP contribution in [0.3, 0.4) is 0 Å². The lowest BCUT2D eigenvalue weighted by Crippen LogP contribution is -2.16. The van der Waals surface area contributed by atoms with Gasteiger partial charge in [0.2, 0.25) is 0 Å². The van der Waals surface area contributed by atoms with Crippen molar-refractivity contribution >= 4 is 56.5 Å². The molecule has 3 rings (SSSR count). The number of thiazole rings is 1. The van der Waals surface area contributed by atoms with Crippen molar-refractivity contribution in [3.63, 3.8) is 0 Å². The van der Waals surface area contributed by atoms with Crippen LogP contribution in [0.4, 0.5) is 0 Å². The molecule has 0 radical (unpaired) electrons. The summed E-state index contributed by atoms with van der Waals surface area (Å²) in [6.45, 7) is 2.93. The van der Waals surface area contributed by atoms with Crippen molar-refractivity contribution in [2.75, 3.05) is 0 Å². The van der Waals surface area contributed by atoms with E-state index in [1.54, 1.807) is 17.4 Å². The van der Waals surface area contributed by atoms with E-state index in [0.29, 0.717) is 9.82 Å². The van der Waals surface area contributed by atoms with Crippen LogP contribution in [0.2, 0.25) is 5.02 Å². The van der Waals surface area contributed by atoms with Crippen LogP contribution in [0.5, 0.6) is 0 Å². The molecule has 3 nitrogen and oxygen atoms in total. The zero-order valence-electron chi connectivity index (χ0n) is 12.5. The number of aromatic nitrogens is 1. The Labute approximate surface area is 147 Å². The summed E-state index contributed by atoms with van der Waals surface area (Å²) in [6, 6.07) is 9.68. The van der Waals surface area contributed by atoms with Crippen molar-refractivity contribution < 1.29 is 4.79 Å². The molecule has 0 aliphatic rings. The van der Waals surface area contributed by atoms with Gasteiger partial charge in [0.05, 0.1) is 10.2 Å². The number of rotatable bonds is 4. The van der Waals surface area contributed by atoms with E-state index in [2.05, 4.69) is 16.5 Å². The van der Waals surface area contributed by atoms with E-state index in [1.165, 1.54) is 17.4 Å². The van der Waals surface area contributed by atoms with E-state index in [1.807, 2.05) is 35.7 Å². The molecule has 0 spiro atoms. The summed E-state index contributed by atoms with van der Waals surface area (Å²) < 4.78 is 3.12. The van der Waals surface area contributed by atoms with E-state index >= 15 is 0 Å². The Kier molecular flexibility index (Phi) is 5.10. The molecule has 0 aliphatic carbocycles. The first kappa shape index (κ1) is 16.2. The lowest BCUT2D eigenvalue weighted by molar-refractivity contribution is -0.113. The first-order chi connectivity index (χ1) is 11.2. The normalized spacial score (nSPS) is 12.5. The number of aryl methyl sites for hydroxylation is 1. The Morgan fingerprint density at radius 1 is 1.39 bits per heavy atom. The summed E-state index contributed by atoms with van der Waals surface area (Å²) in [5, 5.41) is 2.67. The summed E-state index contributed by atoms with van der Waals surface area (Å²) in [4.78, 5) is 18.1. The molecule has 0 saturated carbocycles. The highest BCUT2D eigenvalue weighted by Crippen LogP contribution is 2.22. The number of carbonyl (C=O) groups excluding carboxylic acids is 1. The van der Waals surface area contributed by atoms with Gasteiger partial charge in [-0.1, -0.05) is 35.9 Å². The maximum absolute atomic E-state index is 12.1. The van der Waals surface area contributed by atoms with Crippen molar-refractivity contribution in [2.24, 2.45) is 4.99 Å². The fourth-order valence-corrected chi connectivity index (χ4v) is 4.20. The van der Waals surface area contributed by atoms with Crippen molar-refractivity contribution in [3.8, 4) is 0 Å². The second-order valence-corrected chi connectivity index (χ2v) is 7.37. The average molecular weight is 363 g/mol. The zero-order chi connectivity index (χ0) is 16.2. The highest BCUT2D eigenvalue weighted by molar-refractivity contribution is 7.16. The minimum Gasteiger partial charge on any atom is -0.316 e. The molecule has 2 heterocycles. The van der Waals surface area contributed by atoms with Crippen LogP contribution >= 0.6 is 34.3 Å². The van der Waals surface area contributed by atoms with E-state index in [4.69, 9.17) is 11.6 Å². The maximum Gasteiger partial charge on any atom is 0.272 e. The number of hydrogen-bond acceptors (Lipinski definition) is 3. The highest BCUT2D eigenvalue weighted by Gasteiger charge is 2.07. The van der Waals surface area contributed by atoms with Gasteiger partial charge in [0.15, 0.2) is 4.80 Å². The summed E-state index contributed by atoms with van der Waals surface area (Å²) in [7, 11) is 0. The summed E-state index contributed by atoms with van der Waals surface area (Å²) in [5.74, 6) is -0.249. The second kappa shape index (κ2) is 7.25. The number of nitrogens with zero attached hydrogens (tertiary/aromatic N) is 2. The molecule has 3 aromatic rings. The molecule has 23 heavy (non-hydrogen) atoms. The third-order valence-electron chi connectivity index (χ3n) is 3.23. The molecule has 0 saturated heterocycles. The van der Waals surface area contributed by atoms with E-state index in [9.17, 15) is 4.79 Å². The maximum atomic E-state index is 12.1. The average Bonchev–Trinajstić information content (AvgIpc) is 3.14. The monoisotopic (exact) mass is 362 g/mol. The zero-order valence-corrected chi connectivity index (χ0v) is 14.9. The standard InChI is InChI=1S/C17H15ClN2OS2/c1-2-9-20-14-7-5-12(18)11-15(14)23-17(20)19-16(21)8-6-13-4-3-10-22-13/h3-8,10-11H,2,9H2,1H3/b8-6+,19-17?. The first-order valence-electron chi connectivity index (χ1n) is 7.26. The Morgan fingerprint density at radius 3 is 3.00 bits per heavy atom. The minimum absolute atomic E-state index is 0.249. The molecule has 1 aromatic carbocycles. The second-order valence-electron chi connectivity index (χ2n) is 4.95. The van der Waals surface area contributed by atoms with Gasteiger partial charge < -0.3 is 4.57 Å². The number of carbonyl (C=O) groups is 1. The number of amides is 1. The molecule has 118 valence electrons. The SMILES string of the molecule is CCCn1c(=NC(=O)/C=C/c2cccs2)sc2cc(Cl)ccc21. The number of fused-ring (bicyclic) bond motifs is 1. The molecule has 1 amide bonds. The van der Waals surface area contributed by atoms with Crippen LogP contribution in [-0.4, -0.2) is 10.5 Å². The first-order valence-corrected chi connectivity index (χ1v) is 9.34. The van der Waals surface area contributed by atoms with Gasteiger partial charge in [-0.3, -0.25) is 4.79 Å². The molecule has 0 N–H and O–H groups in total. The van der Waals surface area contributed by atoms with Crippen molar-refractivity contribution in [1.82, 2.24) is 4.57 Å². The lowest BCUT2D eigenvalue weighted by atomic mass is 10.3. The molecular formula is C17H15ClN2OS2. The van der Waals surface area contributed by atoms with Crippen molar-refractivity contribution in [3.05, 3.63) is 56.5 Å². The number of hydrogen-bond donors (Lipinski definition) is 0. The van der Waals surface area contributed by atoms with Crippen LogP contribution < -0.4 is 4.80 Å². The number of benzene rings is 1. The minimum atomic E-state index is -0.249. The molecular weight excluding hydrogens is 348 g/mol. The van der Waals surface area contributed by atoms with Crippen LogP contribution in [0, 0.1) is 0 Å². The molecule has 2 aromatic heterocycles. The number of halogens is 1. The van der Waals surface area contributed by atoms with E-state index in [0.717, 1.165) is 28.1 Å². The van der Waals surface area contributed by atoms with E-state index < -0.39 is 0 Å². The molecule has 0 atom stereocenters. The third kappa shape index (κ3) is 3.80. The van der Waals surface area contributed by atoms with Gasteiger partial charge >= 0.3 is 0 Å². The molecule has 0 aliphatic heterocycles. The van der Waals surface area contributed by atoms with Gasteiger partial charge in [-0.2, -0.15) is 4.99 Å². The third-order valence-corrected chi connectivity index (χ3v) is 5.35. The Balaban J connectivity index is 2.00. The van der Waals surface area contributed by atoms with Crippen LogP contribution in [-0.2, 0) is 11.3 Å². The van der Waals surface area contributed by atoms with Crippen LogP contribution in [0.1, 0.15) is 18.2 Å². The molecule has 0 unspecified atom stereocenters. The quantitative estimate of drug-likeness (QED) is 0.603. The highest BCUT2D eigenvalue weighted by atomic mass is 35.5. The van der Waals surface area contributed by atoms with Gasteiger partial charge in [-0.15, -0.1) is 11.3 Å². The van der Waals surface area contributed by atoms with Gasteiger partial charge in [0, 0.05) is 22.5 Å². The Bertz CT molecular complexity index is 920. The van der Waals surface area contributed by atoms with Gasteiger partial charge in [0.25, 0.3) is 5.91 Å². The molecule has 0 fully saturated rings. The van der Waals surface area contributed by atoms with Crippen LogP contribution in [0.15, 0.2) is 46.8 Å². The van der Waals surface area contributed by atoms with Gasteiger partial charge in [-0.05, 0) is 42.1 Å². The Hall–Kier alpha value is -1.69. The lowest BCUT2D eigenvalue weighted by Gasteiger charge is -2.02. The van der Waals surface area contributed by atoms with Crippen LogP contribution in [0.25, 0.3) is 16.3 Å². The smallest absolute Gasteiger partial charge is 0.272 e. The number of thiophene rings is 1. The van der Waals surface area contributed by atoms with Gasteiger partial charge in [-0.25, -0.2) is 0 Å². The fraction of sp³-hybridized carbons (Fsp3) is 0.176. The predicted molar refractivity (Wildman–Crippen MR) is 99.0 cm³/mol. The van der Waals surface area contributed by atoms with Crippen molar-refractivity contribution in [2.45, 2.75) is 19.9 Å². The summed E-state index contributed by atoms with van der Waals surface area (Å²) >= 11 is 9.14. The largest absolute Gasteiger partial charge is 0.316 e. The molecule has 0 bridgehead atoms. The van der Waals surface area contributed by atoms with Gasteiger partial charge in [0.1, 0.15) is 0 Å². The summed E-state index contributed by atoms with van der Waals surface area (Å²) in [6.07, 6.45) is 4.28. The van der Waals surface area contributed by atoms with Crippen molar-refractivity contribution in [1.29, 1.82) is 0 Å². The predicted octanol–water partition coefficient (Wildman–Crippen LogP) is 4.97. The van der Waals surface area contributed by atoms with E-state index in [-0.39, 0.29) is 5.91 Å².